The van der Waals surface area contributed by atoms with Crippen LogP contribution < -0.4 is 4.90 Å². The molecule has 0 saturated carbocycles. The van der Waals surface area contributed by atoms with Crippen LogP contribution in [-0.4, -0.2) is 28.3 Å². The van der Waals surface area contributed by atoms with Gasteiger partial charge in [-0.15, -0.1) is 10.2 Å². The van der Waals surface area contributed by atoms with Crippen molar-refractivity contribution >= 4 is 29.0 Å². The van der Waals surface area contributed by atoms with Crippen molar-refractivity contribution in [1.82, 2.24) is 15.2 Å². The maximum Gasteiger partial charge on any atom is 0.245 e. The number of rotatable bonds is 3. The second kappa shape index (κ2) is 5.10. The number of nitriles is 1. The van der Waals surface area contributed by atoms with Crippen molar-refractivity contribution in [3.8, 4) is 6.07 Å². The van der Waals surface area contributed by atoms with Crippen molar-refractivity contribution in [2.45, 2.75) is 19.4 Å². The molecule has 1 atom stereocenters. The van der Waals surface area contributed by atoms with Crippen LogP contribution in [0.3, 0.4) is 0 Å². The minimum atomic E-state index is -0.0136. The summed E-state index contributed by atoms with van der Waals surface area (Å²) < 4.78 is 0. The highest BCUT2D eigenvalue weighted by Gasteiger charge is 2.16. The Kier molecular flexibility index (Phi) is 4.06. The van der Waals surface area contributed by atoms with Crippen molar-refractivity contribution < 1.29 is 0 Å². The molecule has 1 rings (SSSR count). The lowest BCUT2D eigenvalue weighted by Gasteiger charge is -2.23. The maximum absolute atomic E-state index is 8.57. The third-order valence-corrected chi connectivity index (χ3v) is 2.39. The van der Waals surface area contributed by atoms with Gasteiger partial charge in [0.1, 0.15) is 0 Å². The van der Waals surface area contributed by atoms with E-state index in [9.17, 15) is 0 Å². The minimum Gasteiger partial charge on any atom is -0.353 e. The van der Waals surface area contributed by atoms with Gasteiger partial charge >= 0.3 is 0 Å². The van der Waals surface area contributed by atoms with Crippen molar-refractivity contribution in [3.63, 3.8) is 0 Å². The van der Waals surface area contributed by atoms with Gasteiger partial charge in [-0.3, -0.25) is 0 Å². The number of hydrogen-bond donors (Lipinski definition) is 0. The van der Waals surface area contributed by atoms with E-state index in [1.54, 1.807) is 11.9 Å². The molecule has 0 bridgehead atoms. The van der Waals surface area contributed by atoms with Crippen LogP contribution in [0.15, 0.2) is 0 Å². The first-order valence-electron chi connectivity index (χ1n) is 4.21. The Bertz CT molecular complexity index is 389. The Balaban J connectivity index is 2.95. The molecule has 0 radical (unpaired) electrons. The Hall–Kier alpha value is -1.12. The normalized spacial score (nSPS) is 11.9. The lowest BCUT2D eigenvalue weighted by Crippen LogP contribution is -2.29. The Labute approximate surface area is 97.6 Å². The number of nitrogens with zero attached hydrogens (tertiary/aromatic N) is 5. The quantitative estimate of drug-likeness (QED) is 0.814. The van der Waals surface area contributed by atoms with Gasteiger partial charge in [-0.2, -0.15) is 10.2 Å². The molecule has 0 saturated heterocycles. The summed E-state index contributed by atoms with van der Waals surface area (Å²) in [5.74, 6) is 0.430. The lowest BCUT2D eigenvalue weighted by atomic mass is 10.2. The average Bonchev–Trinajstić information content (AvgIpc) is 2.21. The van der Waals surface area contributed by atoms with E-state index in [4.69, 9.17) is 28.5 Å². The van der Waals surface area contributed by atoms with Gasteiger partial charge in [0.05, 0.1) is 12.5 Å². The Morgan fingerprint density at radius 3 is 2.73 bits per heavy atom. The number of aromatic nitrogens is 3. The van der Waals surface area contributed by atoms with Gasteiger partial charge in [0.25, 0.3) is 0 Å². The molecule has 5 nitrogen and oxygen atoms in total. The van der Waals surface area contributed by atoms with Crippen LogP contribution in [-0.2, 0) is 0 Å². The van der Waals surface area contributed by atoms with E-state index in [1.807, 2.05) is 6.92 Å². The molecule has 0 aromatic carbocycles. The maximum atomic E-state index is 8.57. The summed E-state index contributed by atoms with van der Waals surface area (Å²) in [5, 5.41) is 15.9. The molecule has 0 aliphatic rings. The van der Waals surface area contributed by atoms with Crippen LogP contribution in [0.4, 0.5) is 5.82 Å². The Morgan fingerprint density at radius 2 is 2.13 bits per heavy atom. The molecule has 1 unspecified atom stereocenters. The van der Waals surface area contributed by atoms with Crippen LogP contribution in [0, 0.1) is 11.3 Å². The third-order valence-electron chi connectivity index (χ3n) is 1.98. The first-order chi connectivity index (χ1) is 7.06. The second-order valence-electron chi connectivity index (χ2n) is 3.02. The SMILES string of the molecule is CC(CC#N)N(C)c1nc(Cl)nnc1Cl. The molecule has 1 heterocycles. The van der Waals surface area contributed by atoms with Gasteiger partial charge in [-0.25, -0.2) is 0 Å². The summed E-state index contributed by atoms with van der Waals surface area (Å²) in [6.07, 6.45) is 0.369. The van der Waals surface area contributed by atoms with E-state index in [0.717, 1.165) is 0 Å². The van der Waals surface area contributed by atoms with Crippen LogP contribution in [0.5, 0.6) is 0 Å². The van der Waals surface area contributed by atoms with Gasteiger partial charge in [-0.05, 0) is 18.5 Å². The van der Waals surface area contributed by atoms with Gasteiger partial charge < -0.3 is 4.90 Å². The minimum absolute atomic E-state index is 0.0136. The molecule has 1 aromatic rings. The first kappa shape index (κ1) is 12.0. The van der Waals surface area contributed by atoms with E-state index in [2.05, 4.69) is 21.3 Å². The molecular weight excluding hydrogens is 237 g/mol. The van der Waals surface area contributed by atoms with E-state index >= 15 is 0 Å². The number of halogens is 2. The van der Waals surface area contributed by atoms with Crippen molar-refractivity contribution in [1.29, 1.82) is 5.26 Å². The molecule has 0 aliphatic carbocycles. The molecule has 0 amide bonds. The van der Waals surface area contributed by atoms with Crippen molar-refractivity contribution in [2.24, 2.45) is 0 Å². The zero-order chi connectivity index (χ0) is 11.4. The van der Waals surface area contributed by atoms with E-state index < -0.39 is 0 Å². The lowest BCUT2D eigenvalue weighted by molar-refractivity contribution is 0.689. The third kappa shape index (κ3) is 2.91. The van der Waals surface area contributed by atoms with Gasteiger partial charge in [-0.1, -0.05) is 11.6 Å². The van der Waals surface area contributed by atoms with Gasteiger partial charge in [0.2, 0.25) is 5.28 Å². The Morgan fingerprint density at radius 1 is 1.47 bits per heavy atom. The van der Waals surface area contributed by atoms with Crippen molar-refractivity contribution in [2.75, 3.05) is 11.9 Å². The van der Waals surface area contributed by atoms with Crippen LogP contribution >= 0.6 is 23.2 Å². The summed E-state index contributed by atoms with van der Waals surface area (Å²) in [4.78, 5) is 5.69. The van der Waals surface area contributed by atoms with Crippen LogP contribution in [0.25, 0.3) is 0 Å². The molecular formula is C8H9Cl2N5. The van der Waals surface area contributed by atoms with Gasteiger partial charge in [0, 0.05) is 13.1 Å². The monoisotopic (exact) mass is 245 g/mol. The highest BCUT2D eigenvalue weighted by Crippen LogP contribution is 2.22. The van der Waals surface area contributed by atoms with E-state index in [-0.39, 0.29) is 16.5 Å². The predicted octanol–water partition coefficient (Wildman–Crippen LogP) is 1.92. The average molecular weight is 246 g/mol. The molecule has 15 heavy (non-hydrogen) atoms. The number of anilines is 1. The zero-order valence-electron chi connectivity index (χ0n) is 8.28. The fourth-order valence-corrected chi connectivity index (χ4v) is 1.32. The molecule has 0 fully saturated rings. The molecule has 0 aliphatic heterocycles. The summed E-state index contributed by atoms with van der Waals surface area (Å²) in [6, 6.07) is 2.06. The summed E-state index contributed by atoms with van der Waals surface area (Å²) in [7, 11) is 1.77. The molecule has 1 aromatic heterocycles. The molecule has 0 N–H and O–H groups in total. The standard InChI is InChI=1S/C8H9Cl2N5/c1-5(3-4-11)15(2)7-6(9)13-14-8(10)12-7/h5H,3H2,1-2H3. The highest BCUT2D eigenvalue weighted by atomic mass is 35.5. The first-order valence-corrected chi connectivity index (χ1v) is 4.97. The predicted molar refractivity (Wildman–Crippen MR) is 57.9 cm³/mol. The zero-order valence-corrected chi connectivity index (χ0v) is 9.79. The van der Waals surface area contributed by atoms with E-state index in [1.165, 1.54) is 0 Å². The summed E-state index contributed by atoms with van der Waals surface area (Å²) in [6.45, 7) is 1.88. The van der Waals surface area contributed by atoms with Crippen LogP contribution in [0.2, 0.25) is 10.4 Å². The second-order valence-corrected chi connectivity index (χ2v) is 3.71. The topological polar surface area (TPSA) is 65.7 Å². The molecule has 80 valence electrons. The number of hydrogen-bond acceptors (Lipinski definition) is 5. The molecule has 0 spiro atoms. The van der Waals surface area contributed by atoms with Gasteiger partial charge in [0.15, 0.2) is 11.0 Å². The summed E-state index contributed by atoms with van der Waals surface area (Å²) >= 11 is 11.4. The fraction of sp³-hybridized carbons (Fsp3) is 0.500. The van der Waals surface area contributed by atoms with Crippen molar-refractivity contribution in [3.05, 3.63) is 10.4 Å². The highest BCUT2D eigenvalue weighted by molar-refractivity contribution is 6.32. The fourth-order valence-electron chi connectivity index (χ4n) is 0.988. The van der Waals surface area contributed by atoms with E-state index in [0.29, 0.717) is 12.2 Å². The summed E-state index contributed by atoms with van der Waals surface area (Å²) in [5.41, 5.74) is 0. The molecule has 7 heteroatoms. The smallest absolute Gasteiger partial charge is 0.245 e. The van der Waals surface area contributed by atoms with Crippen LogP contribution in [0.1, 0.15) is 13.3 Å². The largest absolute Gasteiger partial charge is 0.353 e.